The van der Waals surface area contributed by atoms with Gasteiger partial charge in [0.25, 0.3) is 0 Å². The van der Waals surface area contributed by atoms with Crippen LogP contribution in [0.25, 0.3) is 0 Å². The Bertz CT molecular complexity index is 384. The topological polar surface area (TPSA) is 38.0 Å². The van der Waals surface area contributed by atoms with Gasteiger partial charge in [-0.25, -0.2) is 0 Å². The molecule has 0 fully saturated rings. The molecular formula is C14H20N2. The number of benzene rings is 1. The Hall–Kier alpha value is -1.12. The zero-order chi connectivity index (χ0) is 11.5. The number of hydrazine groups is 1. The number of nitrogens with two attached hydrogens (primary N) is 1. The number of nitrogens with one attached hydrogen (secondary N) is 1. The van der Waals surface area contributed by atoms with E-state index in [2.05, 4.69) is 43.2 Å². The quantitative estimate of drug-likeness (QED) is 0.451. The van der Waals surface area contributed by atoms with Gasteiger partial charge in [-0.15, -0.1) is 0 Å². The van der Waals surface area contributed by atoms with E-state index in [1.165, 1.54) is 16.7 Å². The number of rotatable bonds is 5. The standard InChI is InChI=1S/C14H20N2/c1-3-10(2)8-14(16-15)13-9-11-6-4-5-7-12(11)13/h4-7,13-14,16H,2-3,8-9,15H2,1H3. The summed E-state index contributed by atoms with van der Waals surface area (Å²) in [5, 5.41) is 0. The zero-order valence-electron chi connectivity index (χ0n) is 9.87. The van der Waals surface area contributed by atoms with Gasteiger partial charge in [0.2, 0.25) is 0 Å². The maximum atomic E-state index is 5.65. The molecule has 1 aliphatic rings. The second kappa shape index (κ2) is 4.81. The van der Waals surface area contributed by atoms with Gasteiger partial charge in [-0.1, -0.05) is 43.3 Å². The zero-order valence-corrected chi connectivity index (χ0v) is 9.87. The molecule has 0 bridgehead atoms. The van der Waals surface area contributed by atoms with Gasteiger partial charge in [0.1, 0.15) is 0 Å². The molecule has 2 rings (SSSR count). The third-order valence-electron chi connectivity index (χ3n) is 3.60. The molecule has 0 spiro atoms. The van der Waals surface area contributed by atoms with E-state index in [1.54, 1.807) is 0 Å². The van der Waals surface area contributed by atoms with Crippen molar-refractivity contribution in [2.45, 2.75) is 38.1 Å². The Morgan fingerprint density at radius 1 is 1.56 bits per heavy atom. The minimum Gasteiger partial charge on any atom is -0.271 e. The average Bonchev–Trinajstić information content (AvgIpc) is 2.29. The minimum absolute atomic E-state index is 0.336. The smallest absolute Gasteiger partial charge is 0.0319 e. The fraction of sp³-hybridized carbons (Fsp3) is 0.429. The average molecular weight is 216 g/mol. The molecule has 0 aromatic heterocycles. The van der Waals surface area contributed by atoms with E-state index >= 15 is 0 Å². The van der Waals surface area contributed by atoms with Gasteiger partial charge in [0, 0.05) is 12.0 Å². The summed E-state index contributed by atoms with van der Waals surface area (Å²) in [6, 6.07) is 8.96. The number of fused-ring (bicyclic) bond motifs is 1. The highest BCUT2D eigenvalue weighted by atomic mass is 15.2. The highest BCUT2D eigenvalue weighted by molar-refractivity contribution is 5.41. The third-order valence-corrected chi connectivity index (χ3v) is 3.60. The highest BCUT2D eigenvalue weighted by Gasteiger charge is 2.31. The molecule has 0 amide bonds. The monoisotopic (exact) mass is 216 g/mol. The van der Waals surface area contributed by atoms with E-state index in [4.69, 9.17) is 5.84 Å². The van der Waals surface area contributed by atoms with E-state index in [9.17, 15) is 0 Å². The Kier molecular flexibility index (Phi) is 3.42. The first kappa shape index (κ1) is 11.4. The van der Waals surface area contributed by atoms with Crippen molar-refractivity contribution in [3.8, 4) is 0 Å². The van der Waals surface area contributed by atoms with Crippen LogP contribution in [0.15, 0.2) is 36.4 Å². The number of hydrogen-bond donors (Lipinski definition) is 2. The Labute approximate surface area is 97.5 Å². The van der Waals surface area contributed by atoms with Crippen LogP contribution in [0.2, 0.25) is 0 Å². The summed E-state index contributed by atoms with van der Waals surface area (Å²) in [5.74, 6) is 6.21. The molecule has 2 atom stereocenters. The van der Waals surface area contributed by atoms with Crippen molar-refractivity contribution < 1.29 is 0 Å². The Morgan fingerprint density at radius 3 is 2.94 bits per heavy atom. The van der Waals surface area contributed by atoms with Crippen molar-refractivity contribution in [1.82, 2.24) is 5.43 Å². The minimum atomic E-state index is 0.336. The van der Waals surface area contributed by atoms with Gasteiger partial charge in [-0.2, -0.15) is 0 Å². The predicted molar refractivity (Wildman–Crippen MR) is 68.0 cm³/mol. The number of hydrogen-bond acceptors (Lipinski definition) is 2. The lowest BCUT2D eigenvalue weighted by Gasteiger charge is -2.36. The van der Waals surface area contributed by atoms with Crippen LogP contribution >= 0.6 is 0 Å². The van der Waals surface area contributed by atoms with Gasteiger partial charge < -0.3 is 0 Å². The molecular weight excluding hydrogens is 196 g/mol. The molecule has 0 saturated carbocycles. The summed E-state index contributed by atoms with van der Waals surface area (Å²) in [6.07, 6.45) is 3.15. The van der Waals surface area contributed by atoms with Crippen LogP contribution in [-0.2, 0) is 6.42 Å². The lowest BCUT2D eigenvalue weighted by molar-refractivity contribution is 0.401. The molecule has 16 heavy (non-hydrogen) atoms. The van der Waals surface area contributed by atoms with Crippen LogP contribution < -0.4 is 11.3 Å². The van der Waals surface area contributed by atoms with Gasteiger partial charge in [-0.05, 0) is 30.4 Å². The maximum Gasteiger partial charge on any atom is 0.0319 e. The molecule has 2 heteroatoms. The van der Waals surface area contributed by atoms with E-state index in [0.717, 1.165) is 19.3 Å². The summed E-state index contributed by atoms with van der Waals surface area (Å²) in [4.78, 5) is 0. The summed E-state index contributed by atoms with van der Waals surface area (Å²) >= 11 is 0. The maximum absolute atomic E-state index is 5.65. The molecule has 1 aromatic rings. The van der Waals surface area contributed by atoms with Gasteiger partial charge in [-0.3, -0.25) is 11.3 Å². The van der Waals surface area contributed by atoms with E-state index in [0.29, 0.717) is 12.0 Å². The Morgan fingerprint density at radius 2 is 2.31 bits per heavy atom. The molecule has 1 aromatic carbocycles. The van der Waals surface area contributed by atoms with Gasteiger partial charge in [0.15, 0.2) is 0 Å². The molecule has 3 N–H and O–H groups in total. The van der Waals surface area contributed by atoms with Crippen LogP contribution in [0.3, 0.4) is 0 Å². The largest absolute Gasteiger partial charge is 0.271 e. The lowest BCUT2D eigenvalue weighted by Crippen LogP contribution is -2.43. The van der Waals surface area contributed by atoms with Crippen LogP contribution in [-0.4, -0.2) is 6.04 Å². The van der Waals surface area contributed by atoms with Crippen LogP contribution in [0.1, 0.15) is 36.8 Å². The fourth-order valence-corrected chi connectivity index (χ4v) is 2.43. The van der Waals surface area contributed by atoms with Crippen LogP contribution in [0.4, 0.5) is 0 Å². The predicted octanol–water partition coefficient (Wildman–Crippen LogP) is 2.51. The molecule has 1 aliphatic carbocycles. The van der Waals surface area contributed by atoms with E-state index < -0.39 is 0 Å². The van der Waals surface area contributed by atoms with Crippen molar-refractivity contribution in [2.75, 3.05) is 0 Å². The van der Waals surface area contributed by atoms with Crippen molar-refractivity contribution >= 4 is 0 Å². The molecule has 2 nitrogen and oxygen atoms in total. The second-order valence-corrected chi connectivity index (χ2v) is 4.59. The summed E-state index contributed by atoms with van der Waals surface area (Å²) in [6.45, 7) is 6.21. The van der Waals surface area contributed by atoms with E-state index in [1.807, 2.05) is 0 Å². The molecule has 0 heterocycles. The molecule has 0 aliphatic heterocycles. The second-order valence-electron chi connectivity index (χ2n) is 4.59. The van der Waals surface area contributed by atoms with Gasteiger partial charge in [0.05, 0.1) is 0 Å². The van der Waals surface area contributed by atoms with Gasteiger partial charge >= 0.3 is 0 Å². The third kappa shape index (κ3) is 2.04. The van der Waals surface area contributed by atoms with Crippen LogP contribution in [0.5, 0.6) is 0 Å². The van der Waals surface area contributed by atoms with Crippen molar-refractivity contribution in [3.05, 3.63) is 47.5 Å². The summed E-state index contributed by atoms with van der Waals surface area (Å²) in [5.41, 5.74) is 7.14. The Balaban J connectivity index is 2.06. The first-order valence-electron chi connectivity index (χ1n) is 5.96. The molecule has 2 unspecified atom stereocenters. The first-order valence-corrected chi connectivity index (χ1v) is 5.96. The SMILES string of the molecule is C=C(CC)CC(NN)C1Cc2ccccc21. The van der Waals surface area contributed by atoms with Crippen molar-refractivity contribution in [1.29, 1.82) is 0 Å². The normalized spacial score (nSPS) is 19.8. The van der Waals surface area contributed by atoms with Crippen LogP contribution in [0, 0.1) is 0 Å². The molecule has 0 saturated heterocycles. The lowest BCUT2D eigenvalue weighted by atomic mass is 9.72. The summed E-state index contributed by atoms with van der Waals surface area (Å²) < 4.78 is 0. The van der Waals surface area contributed by atoms with E-state index in [-0.39, 0.29) is 0 Å². The molecule has 86 valence electrons. The first-order chi connectivity index (χ1) is 7.76. The highest BCUT2D eigenvalue weighted by Crippen LogP contribution is 2.38. The molecule has 0 radical (unpaired) electrons. The van der Waals surface area contributed by atoms with Crippen molar-refractivity contribution in [2.24, 2.45) is 5.84 Å². The fourth-order valence-electron chi connectivity index (χ4n) is 2.43. The van der Waals surface area contributed by atoms with Crippen molar-refractivity contribution in [3.63, 3.8) is 0 Å². The summed E-state index contributed by atoms with van der Waals surface area (Å²) in [7, 11) is 0.